The third kappa shape index (κ3) is 8.97. The van der Waals surface area contributed by atoms with Crippen molar-refractivity contribution in [1.82, 2.24) is 15.5 Å². The fourth-order valence-corrected chi connectivity index (χ4v) is 2.94. The van der Waals surface area contributed by atoms with Crippen molar-refractivity contribution in [3.8, 4) is 0 Å². The zero-order valence-corrected chi connectivity index (χ0v) is 14.5. The molecule has 1 atom stereocenters. The van der Waals surface area contributed by atoms with E-state index < -0.39 is 0 Å². The van der Waals surface area contributed by atoms with Gasteiger partial charge in [0.25, 0.3) is 0 Å². The molecule has 4 nitrogen and oxygen atoms in total. The first kappa shape index (κ1) is 18.3. The van der Waals surface area contributed by atoms with Crippen molar-refractivity contribution in [2.24, 2.45) is 10.9 Å². The van der Waals surface area contributed by atoms with E-state index in [9.17, 15) is 0 Å². The van der Waals surface area contributed by atoms with Crippen LogP contribution in [0.3, 0.4) is 0 Å². The predicted molar refractivity (Wildman–Crippen MR) is 93.0 cm³/mol. The van der Waals surface area contributed by atoms with Gasteiger partial charge in [-0.3, -0.25) is 4.99 Å². The molecule has 124 valence electrons. The van der Waals surface area contributed by atoms with Crippen molar-refractivity contribution >= 4 is 5.96 Å². The van der Waals surface area contributed by atoms with Crippen LogP contribution in [0, 0.1) is 5.92 Å². The molecule has 0 amide bonds. The lowest BCUT2D eigenvalue weighted by molar-refractivity contribution is 0.394. The maximum atomic E-state index is 4.31. The van der Waals surface area contributed by atoms with Crippen molar-refractivity contribution in [3.05, 3.63) is 0 Å². The van der Waals surface area contributed by atoms with Gasteiger partial charge < -0.3 is 15.5 Å². The number of hydrogen-bond acceptors (Lipinski definition) is 2. The molecule has 0 spiro atoms. The minimum Gasteiger partial charge on any atom is -0.356 e. The topological polar surface area (TPSA) is 39.7 Å². The first-order valence-electron chi connectivity index (χ1n) is 8.89. The second kappa shape index (κ2) is 11.8. The van der Waals surface area contributed by atoms with E-state index in [1.807, 2.05) is 7.05 Å². The monoisotopic (exact) mass is 296 g/mol. The van der Waals surface area contributed by atoms with Gasteiger partial charge in [-0.25, -0.2) is 0 Å². The van der Waals surface area contributed by atoms with E-state index in [4.69, 9.17) is 0 Å². The van der Waals surface area contributed by atoms with Crippen molar-refractivity contribution in [2.45, 2.75) is 58.3 Å². The molecular weight excluding hydrogens is 260 g/mol. The summed E-state index contributed by atoms with van der Waals surface area (Å²) in [5.74, 6) is 1.74. The van der Waals surface area contributed by atoms with Gasteiger partial charge in [0.15, 0.2) is 5.96 Å². The SMILES string of the molecule is CCCCCCCCCNC(=NC)NCC1CCN(C)C1. The van der Waals surface area contributed by atoms with Gasteiger partial charge in [-0.05, 0) is 32.4 Å². The molecule has 0 aliphatic carbocycles. The van der Waals surface area contributed by atoms with Crippen LogP contribution in [0.1, 0.15) is 58.3 Å². The molecule has 0 aromatic heterocycles. The lowest BCUT2D eigenvalue weighted by Crippen LogP contribution is -2.40. The molecule has 0 aromatic rings. The number of nitrogens with one attached hydrogen (secondary N) is 2. The Morgan fingerprint density at radius 3 is 2.43 bits per heavy atom. The molecule has 1 rings (SSSR count). The summed E-state index contributed by atoms with van der Waals surface area (Å²) in [6, 6.07) is 0. The molecule has 1 unspecified atom stereocenters. The molecule has 21 heavy (non-hydrogen) atoms. The first-order chi connectivity index (χ1) is 10.3. The highest BCUT2D eigenvalue weighted by Gasteiger charge is 2.19. The van der Waals surface area contributed by atoms with Crippen molar-refractivity contribution in [2.75, 3.05) is 40.3 Å². The molecule has 1 aliphatic heterocycles. The van der Waals surface area contributed by atoms with Gasteiger partial charge >= 0.3 is 0 Å². The fourth-order valence-electron chi connectivity index (χ4n) is 2.94. The summed E-state index contributed by atoms with van der Waals surface area (Å²) < 4.78 is 0. The van der Waals surface area contributed by atoms with E-state index in [2.05, 4.69) is 34.5 Å². The second-order valence-corrected chi connectivity index (χ2v) is 6.42. The Labute approximate surface area is 131 Å². The highest BCUT2D eigenvalue weighted by molar-refractivity contribution is 5.79. The summed E-state index contributed by atoms with van der Waals surface area (Å²) >= 11 is 0. The van der Waals surface area contributed by atoms with Crippen molar-refractivity contribution in [3.63, 3.8) is 0 Å². The summed E-state index contributed by atoms with van der Waals surface area (Å²) in [6.07, 6.45) is 10.8. The maximum Gasteiger partial charge on any atom is 0.190 e. The average Bonchev–Trinajstić information content (AvgIpc) is 2.90. The summed E-state index contributed by atoms with van der Waals surface area (Å²) in [7, 11) is 4.06. The van der Waals surface area contributed by atoms with Gasteiger partial charge in [0, 0.05) is 26.7 Å². The van der Waals surface area contributed by atoms with Crippen LogP contribution in [0.4, 0.5) is 0 Å². The molecule has 4 heteroatoms. The zero-order chi connectivity index (χ0) is 15.3. The third-order valence-corrected chi connectivity index (χ3v) is 4.34. The van der Waals surface area contributed by atoms with Crippen LogP contribution in [0.2, 0.25) is 0 Å². The van der Waals surface area contributed by atoms with E-state index in [0.29, 0.717) is 0 Å². The Bertz CT molecular complexity index is 278. The molecule has 2 N–H and O–H groups in total. The van der Waals surface area contributed by atoms with E-state index in [1.54, 1.807) is 0 Å². The Balaban J connectivity index is 1.96. The quantitative estimate of drug-likeness (QED) is 0.370. The Morgan fingerprint density at radius 2 is 1.81 bits per heavy atom. The third-order valence-electron chi connectivity index (χ3n) is 4.34. The normalized spacial score (nSPS) is 20.0. The van der Waals surface area contributed by atoms with Gasteiger partial charge in [0.2, 0.25) is 0 Å². The molecule has 1 fully saturated rings. The molecule has 0 saturated carbocycles. The summed E-state index contributed by atoms with van der Waals surface area (Å²) in [5.41, 5.74) is 0. The van der Waals surface area contributed by atoms with Crippen LogP contribution in [-0.2, 0) is 0 Å². The molecule has 0 bridgehead atoms. The summed E-state index contributed by atoms with van der Waals surface area (Å²) in [5, 5.41) is 6.89. The number of likely N-dealkylation sites (tertiary alicyclic amines) is 1. The molecule has 1 heterocycles. The van der Waals surface area contributed by atoms with Crippen molar-refractivity contribution < 1.29 is 0 Å². The molecule has 1 saturated heterocycles. The van der Waals surface area contributed by atoms with Crippen LogP contribution < -0.4 is 10.6 Å². The lowest BCUT2D eigenvalue weighted by Gasteiger charge is -2.15. The minimum atomic E-state index is 0.770. The highest BCUT2D eigenvalue weighted by atomic mass is 15.2. The van der Waals surface area contributed by atoms with Crippen molar-refractivity contribution in [1.29, 1.82) is 0 Å². The predicted octanol–water partition coefficient (Wildman–Crippen LogP) is 2.85. The number of aliphatic imine (C=N–C) groups is 1. The Hall–Kier alpha value is -0.770. The molecule has 0 aromatic carbocycles. The largest absolute Gasteiger partial charge is 0.356 e. The second-order valence-electron chi connectivity index (χ2n) is 6.42. The molecular formula is C17H36N4. The number of hydrogen-bond donors (Lipinski definition) is 2. The van der Waals surface area contributed by atoms with Gasteiger partial charge in [0.05, 0.1) is 0 Å². The lowest BCUT2D eigenvalue weighted by atomic mass is 10.1. The van der Waals surface area contributed by atoms with E-state index in [1.165, 1.54) is 64.5 Å². The van der Waals surface area contributed by atoms with Crippen LogP contribution in [0.15, 0.2) is 4.99 Å². The van der Waals surface area contributed by atoms with E-state index in [-0.39, 0.29) is 0 Å². The Morgan fingerprint density at radius 1 is 1.10 bits per heavy atom. The van der Waals surface area contributed by atoms with Crippen LogP contribution in [0.25, 0.3) is 0 Å². The highest BCUT2D eigenvalue weighted by Crippen LogP contribution is 2.12. The maximum absolute atomic E-state index is 4.31. The van der Waals surface area contributed by atoms with E-state index in [0.717, 1.165) is 25.0 Å². The Kier molecular flexibility index (Phi) is 10.3. The van der Waals surface area contributed by atoms with Gasteiger partial charge in [-0.2, -0.15) is 0 Å². The first-order valence-corrected chi connectivity index (χ1v) is 8.89. The number of rotatable bonds is 10. The standard InChI is InChI=1S/C17H36N4/c1-4-5-6-7-8-9-10-12-19-17(18-2)20-14-16-11-13-21(3)15-16/h16H,4-15H2,1-3H3,(H2,18,19,20). The number of nitrogens with zero attached hydrogens (tertiary/aromatic N) is 2. The average molecular weight is 297 g/mol. The van der Waals surface area contributed by atoms with Crippen LogP contribution in [0.5, 0.6) is 0 Å². The molecule has 0 radical (unpaired) electrons. The van der Waals surface area contributed by atoms with Crippen LogP contribution in [-0.4, -0.2) is 51.1 Å². The van der Waals surface area contributed by atoms with E-state index >= 15 is 0 Å². The van der Waals surface area contributed by atoms with Gasteiger partial charge in [0.1, 0.15) is 0 Å². The smallest absolute Gasteiger partial charge is 0.190 e. The zero-order valence-electron chi connectivity index (χ0n) is 14.5. The van der Waals surface area contributed by atoms with Gasteiger partial charge in [-0.1, -0.05) is 45.4 Å². The minimum absolute atomic E-state index is 0.770. The number of guanidine groups is 1. The fraction of sp³-hybridized carbons (Fsp3) is 0.941. The number of unbranched alkanes of at least 4 members (excludes halogenated alkanes) is 6. The summed E-state index contributed by atoms with van der Waals surface area (Å²) in [4.78, 5) is 6.71. The van der Waals surface area contributed by atoms with Gasteiger partial charge in [-0.15, -0.1) is 0 Å². The summed E-state index contributed by atoms with van der Waals surface area (Å²) in [6.45, 7) is 6.79. The molecule has 1 aliphatic rings. The van der Waals surface area contributed by atoms with Crippen LogP contribution >= 0.6 is 0 Å².